The fourth-order valence-corrected chi connectivity index (χ4v) is 8.12. The Balaban J connectivity index is 1.29. The maximum absolute atomic E-state index is 12.7. The van der Waals surface area contributed by atoms with Gasteiger partial charge in [-0.3, -0.25) is 0 Å². The molecule has 0 aliphatic heterocycles. The van der Waals surface area contributed by atoms with Crippen LogP contribution >= 0.6 is 0 Å². The molecule has 2 aliphatic carbocycles. The van der Waals surface area contributed by atoms with E-state index < -0.39 is 11.9 Å². The molecule has 6 nitrogen and oxygen atoms in total. The summed E-state index contributed by atoms with van der Waals surface area (Å²) in [4.78, 5) is 24.9. The molecule has 2 aliphatic rings. The highest BCUT2D eigenvalue weighted by atomic mass is 16.5. The molecule has 3 aromatic rings. The minimum Gasteiger partial charge on any atom is -0.423 e. The number of methoxy groups -OCH3 is 2. The molecule has 0 N–H and O–H groups in total. The quantitative estimate of drug-likeness (QED) is 0.0644. The van der Waals surface area contributed by atoms with Crippen LogP contribution in [-0.4, -0.2) is 39.4 Å². The van der Waals surface area contributed by atoms with E-state index in [0.29, 0.717) is 23.0 Å². The fraction of sp³-hybridized carbons (Fsp3) is 0.467. The number of esters is 2. The van der Waals surface area contributed by atoms with Crippen LogP contribution < -0.4 is 9.47 Å². The average molecular weight is 693 g/mol. The first kappa shape index (κ1) is 38.2. The summed E-state index contributed by atoms with van der Waals surface area (Å²) in [7, 11) is 3.06. The zero-order valence-electron chi connectivity index (χ0n) is 30.9. The van der Waals surface area contributed by atoms with Gasteiger partial charge >= 0.3 is 11.9 Å². The van der Waals surface area contributed by atoms with E-state index in [4.69, 9.17) is 18.9 Å². The number of carbonyl (C=O) groups excluding carboxylic acids is 2. The van der Waals surface area contributed by atoms with E-state index in [9.17, 15) is 9.59 Å². The van der Waals surface area contributed by atoms with Gasteiger partial charge in [0.05, 0.1) is 24.4 Å². The van der Waals surface area contributed by atoms with Gasteiger partial charge in [0.25, 0.3) is 0 Å². The second-order valence-electron chi connectivity index (χ2n) is 14.6. The summed E-state index contributed by atoms with van der Waals surface area (Å²) in [6, 6.07) is 22.1. The topological polar surface area (TPSA) is 71.1 Å². The molecule has 6 heteroatoms. The van der Waals surface area contributed by atoms with E-state index in [1.165, 1.54) is 82.4 Å². The number of hydrogen-bond donors (Lipinski definition) is 0. The molecule has 5 rings (SSSR count). The first-order chi connectivity index (χ1) is 24.8. The van der Waals surface area contributed by atoms with Crippen molar-refractivity contribution in [3.8, 4) is 33.8 Å². The third-order valence-corrected chi connectivity index (χ3v) is 11.0. The SMILES string of the molecule is C=C(COC)C(=O)Oc1ccc(-c2ccc(-c3ccc(OC(=O)C(=C)COC)cc3C3CCC(C4CCC(CCCCC)CC4)CC3)cc2)cc1. The van der Waals surface area contributed by atoms with Crippen molar-refractivity contribution in [2.75, 3.05) is 27.4 Å². The predicted octanol–water partition coefficient (Wildman–Crippen LogP) is 10.9. The first-order valence-corrected chi connectivity index (χ1v) is 18.9. The third kappa shape index (κ3) is 10.5. The highest BCUT2D eigenvalue weighted by molar-refractivity contribution is 5.90. The van der Waals surface area contributed by atoms with Crippen molar-refractivity contribution in [1.29, 1.82) is 0 Å². The predicted molar refractivity (Wildman–Crippen MR) is 205 cm³/mol. The van der Waals surface area contributed by atoms with E-state index in [1.807, 2.05) is 18.2 Å². The maximum Gasteiger partial charge on any atom is 0.341 e. The third-order valence-electron chi connectivity index (χ3n) is 11.0. The molecule has 0 heterocycles. The van der Waals surface area contributed by atoms with E-state index >= 15 is 0 Å². The molecule has 2 fully saturated rings. The Kier molecular flexibility index (Phi) is 14.3. The Morgan fingerprint density at radius 1 is 0.627 bits per heavy atom. The van der Waals surface area contributed by atoms with Gasteiger partial charge in [-0.1, -0.05) is 101 Å². The maximum atomic E-state index is 12.7. The van der Waals surface area contributed by atoms with E-state index in [1.54, 1.807) is 19.2 Å². The van der Waals surface area contributed by atoms with E-state index in [-0.39, 0.29) is 18.8 Å². The molecule has 272 valence electrons. The number of ether oxygens (including phenoxy) is 4. The van der Waals surface area contributed by atoms with Gasteiger partial charge in [-0.25, -0.2) is 9.59 Å². The van der Waals surface area contributed by atoms with E-state index in [2.05, 4.69) is 56.5 Å². The lowest BCUT2D eigenvalue weighted by molar-refractivity contribution is -0.131. The number of unbranched alkanes of at least 4 members (excludes halogenated alkanes) is 2. The molecule has 0 radical (unpaired) electrons. The van der Waals surface area contributed by atoms with Crippen LogP contribution in [0, 0.1) is 17.8 Å². The fourth-order valence-electron chi connectivity index (χ4n) is 8.12. The zero-order chi connectivity index (χ0) is 36.2. The summed E-state index contributed by atoms with van der Waals surface area (Å²) in [5.41, 5.74) is 6.18. The van der Waals surface area contributed by atoms with Gasteiger partial charge in [0.1, 0.15) is 11.5 Å². The van der Waals surface area contributed by atoms with Crippen LogP contribution in [0.5, 0.6) is 11.5 Å². The Hall–Kier alpha value is -4.00. The lowest BCUT2D eigenvalue weighted by Gasteiger charge is -2.38. The van der Waals surface area contributed by atoms with Gasteiger partial charge in [0.2, 0.25) is 0 Å². The van der Waals surface area contributed by atoms with Crippen molar-refractivity contribution < 1.29 is 28.5 Å². The van der Waals surface area contributed by atoms with Crippen LogP contribution in [0.4, 0.5) is 0 Å². The minimum atomic E-state index is -0.501. The standard InChI is InChI=1S/C45H56O6/c1-6-7-8-9-33-10-12-34(13-11-33)35-16-20-39(21-17-35)43-28-41(51-45(47)32(3)30-49-5)26-27-42(43)38-18-14-36(15-19-38)37-22-24-40(25-23-37)50-44(46)31(2)29-48-4/h14-15,18-19,22-28,33-35,39H,2-3,6-13,16-17,20-21,29-30H2,1,4-5H3. The summed E-state index contributed by atoms with van der Waals surface area (Å²) < 4.78 is 21.3. The first-order valence-electron chi connectivity index (χ1n) is 18.9. The largest absolute Gasteiger partial charge is 0.423 e. The van der Waals surface area contributed by atoms with Crippen LogP contribution in [0.1, 0.15) is 95.5 Å². The average Bonchev–Trinajstić information content (AvgIpc) is 3.16. The molecule has 0 aromatic heterocycles. The molecule has 0 saturated heterocycles. The second kappa shape index (κ2) is 19.0. The van der Waals surface area contributed by atoms with Crippen molar-refractivity contribution in [3.63, 3.8) is 0 Å². The molecule has 0 amide bonds. The molecule has 0 atom stereocenters. The van der Waals surface area contributed by atoms with Crippen LogP contribution in [0.25, 0.3) is 22.3 Å². The van der Waals surface area contributed by atoms with E-state index in [0.717, 1.165) is 47.3 Å². The van der Waals surface area contributed by atoms with Gasteiger partial charge in [0, 0.05) is 14.2 Å². The second-order valence-corrected chi connectivity index (χ2v) is 14.6. The minimum absolute atomic E-state index is 0.129. The highest BCUT2D eigenvalue weighted by Gasteiger charge is 2.32. The molecule has 0 bridgehead atoms. The Morgan fingerprint density at radius 2 is 1.12 bits per heavy atom. The van der Waals surface area contributed by atoms with Crippen LogP contribution in [0.3, 0.4) is 0 Å². The summed E-state index contributed by atoms with van der Waals surface area (Å²) in [5, 5.41) is 0. The van der Waals surface area contributed by atoms with Gasteiger partial charge in [0.15, 0.2) is 0 Å². The molecule has 0 unspecified atom stereocenters. The van der Waals surface area contributed by atoms with Crippen molar-refractivity contribution in [2.45, 2.75) is 89.9 Å². The normalized spacial score (nSPS) is 20.4. The lowest BCUT2D eigenvalue weighted by Crippen LogP contribution is -2.25. The summed E-state index contributed by atoms with van der Waals surface area (Å²) in [5.74, 6) is 3.07. The molecule has 51 heavy (non-hydrogen) atoms. The zero-order valence-corrected chi connectivity index (χ0v) is 30.9. The van der Waals surface area contributed by atoms with Gasteiger partial charge in [-0.05, 0) is 114 Å². The Labute approximate surface area is 305 Å². The number of carbonyl (C=O) groups is 2. The van der Waals surface area contributed by atoms with Crippen molar-refractivity contribution in [3.05, 3.63) is 96.6 Å². The summed E-state index contributed by atoms with van der Waals surface area (Å²) in [6.07, 6.45) is 16.0. The van der Waals surface area contributed by atoms with Crippen LogP contribution in [0.2, 0.25) is 0 Å². The number of rotatable bonds is 16. The van der Waals surface area contributed by atoms with Crippen molar-refractivity contribution in [2.24, 2.45) is 17.8 Å². The molecule has 0 spiro atoms. The Bertz CT molecular complexity index is 1610. The van der Waals surface area contributed by atoms with Crippen molar-refractivity contribution >= 4 is 11.9 Å². The monoisotopic (exact) mass is 692 g/mol. The number of benzene rings is 3. The van der Waals surface area contributed by atoms with Gasteiger partial charge < -0.3 is 18.9 Å². The Morgan fingerprint density at radius 3 is 1.67 bits per heavy atom. The van der Waals surface area contributed by atoms with Crippen molar-refractivity contribution in [1.82, 2.24) is 0 Å². The smallest absolute Gasteiger partial charge is 0.341 e. The molecule has 2 saturated carbocycles. The summed E-state index contributed by atoms with van der Waals surface area (Å²) >= 11 is 0. The highest BCUT2D eigenvalue weighted by Crippen LogP contribution is 2.47. The van der Waals surface area contributed by atoms with Gasteiger partial charge in [-0.2, -0.15) is 0 Å². The molecule has 3 aromatic carbocycles. The lowest BCUT2D eigenvalue weighted by atomic mass is 9.67. The summed E-state index contributed by atoms with van der Waals surface area (Å²) in [6.45, 7) is 10.1. The van der Waals surface area contributed by atoms with Crippen LogP contribution in [0.15, 0.2) is 91.0 Å². The number of hydrogen-bond acceptors (Lipinski definition) is 6. The molecular weight excluding hydrogens is 636 g/mol. The van der Waals surface area contributed by atoms with Crippen LogP contribution in [-0.2, 0) is 19.1 Å². The van der Waals surface area contributed by atoms with Gasteiger partial charge in [-0.15, -0.1) is 0 Å². The molecular formula is C45H56O6.